The van der Waals surface area contributed by atoms with Crippen LogP contribution in [0.3, 0.4) is 0 Å². The van der Waals surface area contributed by atoms with Crippen molar-refractivity contribution in [3.63, 3.8) is 0 Å². The maximum absolute atomic E-state index is 11.9. The number of hydrogen-bond donors (Lipinski definition) is 2. The molecule has 0 fully saturated rings. The Morgan fingerprint density at radius 1 is 1.23 bits per heavy atom. The number of ether oxygens (including phenoxy) is 1. The summed E-state index contributed by atoms with van der Waals surface area (Å²) in [6.45, 7) is 1.92. The predicted octanol–water partition coefficient (Wildman–Crippen LogP) is 3.40. The predicted molar refractivity (Wildman–Crippen MR) is 94.1 cm³/mol. The van der Waals surface area contributed by atoms with Crippen LogP contribution in [0, 0.1) is 10.1 Å². The van der Waals surface area contributed by atoms with Gasteiger partial charge >= 0.3 is 11.9 Å². The first kappa shape index (κ1) is 18.9. The van der Waals surface area contributed by atoms with Gasteiger partial charge in [-0.1, -0.05) is 30.3 Å². The molecule has 2 N–H and O–H groups in total. The minimum atomic E-state index is -1.26. The molecule has 1 atom stereocenters. The van der Waals surface area contributed by atoms with Gasteiger partial charge in [0, 0.05) is 6.07 Å². The highest BCUT2D eigenvalue weighted by atomic mass is 16.6. The van der Waals surface area contributed by atoms with Crippen molar-refractivity contribution in [3.05, 3.63) is 69.8 Å². The zero-order valence-corrected chi connectivity index (χ0v) is 14.0. The summed E-state index contributed by atoms with van der Waals surface area (Å²) in [5.74, 6) is -1.70. The molecule has 0 heterocycles. The second-order valence-electron chi connectivity index (χ2n) is 5.41. The highest BCUT2D eigenvalue weighted by Gasteiger charge is 2.22. The molecule has 8 heteroatoms. The van der Waals surface area contributed by atoms with Gasteiger partial charge in [0.2, 0.25) is 0 Å². The number of nitro benzene ring substituents is 1. The number of benzene rings is 2. The van der Waals surface area contributed by atoms with Crippen molar-refractivity contribution in [2.45, 2.75) is 19.4 Å². The van der Waals surface area contributed by atoms with Crippen LogP contribution in [-0.4, -0.2) is 28.6 Å². The van der Waals surface area contributed by atoms with Crippen molar-refractivity contribution < 1.29 is 24.4 Å². The van der Waals surface area contributed by atoms with Crippen LogP contribution in [-0.2, 0) is 9.53 Å². The monoisotopic (exact) mass is 358 g/mol. The highest BCUT2D eigenvalue weighted by molar-refractivity contribution is 5.89. The van der Waals surface area contributed by atoms with Gasteiger partial charge in [0.1, 0.15) is 5.69 Å². The first-order valence-electron chi connectivity index (χ1n) is 7.91. The normalized spacial score (nSPS) is 11.4. The summed E-state index contributed by atoms with van der Waals surface area (Å²) in [6.07, 6.45) is -0.0321. The molecule has 0 spiro atoms. The lowest BCUT2D eigenvalue weighted by Crippen LogP contribution is -2.18. The van der Waals surface area contributed by atoms with Crippen LogP contribution in [0.15, 0.2) is 48.5 Å². The smallest absolute Gasteiger partial charge is 0.335 e. The van der Waals surface area contributed by atoms with E-state index in [-0.39, 0.29) is 30.0 Å². The number of carbonyl (C=O) groups is 2. The minimum Gasteiger partial charge on any atom is -0.478 e. The van der Waals surface area contributed by atoms with Crippen LogP contribution in [0.4, 0.5) is 11.4 Å². The summed E-state index contributed by atoms with van der Waals surface area (Å²) in [5, 5.41) is 23.3. The second-order valence-corrected chi connectivity index (χ2v) is 5.41. The zero-order chi connectivity index (χ0) is 19.1. The fourth-order valence-corrected chi connectivity index (χ4v) is 2.45. The Morgan fingerprint density at radius 3 is 2.50 bits per heavy atom. The quantitative estimate of drug-likeness (QED) is 0.422. The average Bonchev–Trinajstić information content (AvgIpc) is 2.62. The number of nitrogens with zero attached hydrogens (tertiary/aromatic N) is 1. The van der Waals surface area contributed by atoms with E-state index in [0.717, 1.165) is 11.6 Å². The van der Waals surface area contributed by atoms with Gasteiger partial charge in [-0.15, -0.1) is 0 Å². The molecule has 2 rings (SSSR count). The maximum Gasteiger partial charge on any atom is 0.335 e. The number of carboxylic acid groups (broad SMARTS) is 1. The fourth-order valence-electron chi connectivity index (χ4n) is 2.45. The highest BCUT2D eigenvalue weighted by Crippen LogP contribution is 2.31. The van der Waals surface area contributed by atoms with Crippen LogP contribution < -0.4 is 5.32 Å². The Bertz CT molecular complexity index is 807. The molecule has 26 heavy (non-hydrogen) atoms. The van der Waals surface area contributed by atoms with Crippen molar-refractivity contribution in [2.75, 3.05) is 11.9 Å². The first-order valence-corrected chi connectivity index (χ1v) is 7.91. The van der Waals surface area contributed by atoms with Crippen LogP contribution in [0.2, 0.25) is 0 Å². The summed E-state index contributed by atoms with van der Waals surface area (Å²) in [7, 11) is 0. The maximum atomic E-state index is 11.9. The van der Waals surface area contributed by atoms with E-state index in [9.17, 15) is 19.7 Å². The molecule has 136 valence electrons. The van der Waals surface area contributed by atoms with Crippen molar-refractivity contribution >= 4 is 23.3 Å². The number of rotatable bonds is 8. The lowest BCUT2D eigenvalue weighted by Gasteiger charge is -2.20. The molecule has 0 aliphatic rings. The van der Waals surface area contributed by atoms with Gasteiger partial charge in [-0.25, -0.2) is 4.79 Å². The van der Waals surface area contributed by atoms with Crippen molar-refractivity contribution in [2.24, 2.45) is 0 Å². The molecular weight excluding hydrogens is 340 g/mol. The third kappa shape index (κ3) is 4.79. The molecule has 0 amide bonds. The van der Waals surface area contributed by atoms with Crippen molar-refractivity contribution in [3.8, 4) is 0 Å². The summed E-state index contributed by atoms with van der Waals surface area (Å²) in [4.78, 5) is 33.6. The van der Waals surface area contributed by atoms with E-state index in [1.165, 1.54) is 12.1 Å². The van der Waals surface area contributed by atoms with Gasteiger partial charge < -0.3 is 15.2 Å². The van der Waals surface area contributed by atoms with E-state index >= 15 is 0 Å². The third-order valence-corrected chi connectivity index (χ3v) is 3.65. The Kier molecular flexibility index (Phi) is 6.26. The number of carbonyl (C=O) groups excluding carboxylic acids is 1. The van der Waals surface area contributed by atoms with E-state index in [2.05, 4.69) is 5.32 Å². The largest absolute Gasteiger partial charge is 0.478 e. The number of nitro groups is 1. The number of carboxylic acids is 1. The molecule has 0 saturated heterocycles. The van der Waals surface area contributed by atoms with Crippen LogP contribution in [0.1, 0.15) is 35.3 Å². The number of hydrogen-bond acceptors (Lipinski definition) is 6. The van der Waals surface area contributed by atoms with Gasteiger partial charge in [0.05, 0.1) is 29.6 Å². The van der Waals surface area contributed by atoms with Crippen LogP contribution in [0.25, 0.3) is 0 Å². The first-order chi connectivity index (χ1) is 12.4. The zero-order valence-electron chi connectivity index (χ0n) is 14.0. The average molecular weight is 358 g/mol. The second kappa shape index (κ2) is 8.61. The standard InChI is InChI=1S/C18H18N2O6/c1-2-26-17(21)11-15(12-6-4-3-5-7-12)19-14-9-8-13(18(22)23)10-16(14)20(24)25/h3-10,15,19H,2,11H2,1H3,(H,22,23). The van der Waals surface area contributed by atoms with Crippen molar-refractivity contribution in [1.82, 2.24) is 0 Å². The van der Waals surface area contributed by atoms with Gasteiger partial charge in [-0.3, -0.25) is 14.9 Å². The number of anilines is 1. The molecule has 0 aliphatic heterocycles. The van der Waals surface area contributed by atoms with E-state index in [4.69, 9.17) is 9.84 Å². The van der Waals surface area contributed by atoms with Gasteiger partial charge in [0.25, 0.3) is 5.69 Å². The van der Waals surface area contributed by atoms with Crippen LogP contribution >= 0.6 is 0 Å². The Labute approximate surface area is 149 Å². The molecule has 0 aromatic heterocycles. The molecular formula is C18H18N2O6. The molecule has 0 saturated carbocycles. The van der Waals surface area contributed by atoms with E-state index in [1.807, 2.05) is 6.07 Å². The molecule has 0 bridgehead atoms. The Balaban J connectivity index is 2.37. The summed E-state index contributed by atoms with van der Waals surface area (Å²) < 4.78 is 4.97. The SMILES string of the molecule is CCOC(=O)CC(Nc1ccc(C(=O)O)cc1[N+](=O)[O-])c1ccccc1. The van der Waals surface area contributed by atoms with Crippen LogP contribution in [0.5, 0.6) is 0 Å². The van der Waals surface area contributed by atoms with E-state index in [1.54, 1.807) is 31.2 Å². The third-order valence-electron chi connectivity index (χ3n) is 3.65. The van der Waals surface area contributed by atoms with Gasteiger partial charge in [-0.05, 0) is 24.6 Å². The molecule has 0 radical (unpaired) electrons. The van der Waals surface area contributed by atoms with Crippen molar-refractivity contribution in [1.29, 1.82) is 0 Å². The number of aromatic carboxylic acids is 1. The van der Waals surface area contributed by atoms with E-state index < -0.39 is 22.9 Å². The minimum absolute atomic E-state index is 0.0321. The fraction of sp³-hybridized carbons (Fsp3) is 0.222. The molecule has 8 nitrogen and oxygen atoms in total. The Morgan fingerprint density at radius 2 is 1.92 bits per heavy atom. The lowest BCUT2D eigenvalue weighted by atomic mass is 10.0. The Hall–Kier alpha value is -3.42. The molecule has 2 aromatic rings. The molecule has 2 aromatic carbocycles. The molecule has 1 unspecified atom stereocenters. The summed E-state index contributed by atoms with van der Waals surface area (Å²) >= 11 is 0. The van der Waals surface area contributed by atoms with Gasteiger partial charge in [0.15, 0.2) is 0 Å². The summed E-state index contributed by atoms with van der Waals surface area (Å²) in [6, 6.07) is 12.0. The van der Waals surface area contributed by atoms with E-state index in [0.29, 0.717) is 0 Å². The lowest BCUT2D eigenvalue weighted by molar-refractivity contribution is -0.384. The molecule has 0 aliphatic carbocycles. The summed E-state index contributed by atoms with van der Waals surface area (Å²) in [5.41, 5.74) is 0.300. The topological polar surface area (TPSA) is 119 Å². The van der Waals surface area contributed by atoms with Gasteiger partial charge in [-0.2, -0.15) is 0 Å². The number of nitrogens with one attached hydrogen (secondary N) is 1. The number of esters is 1.